The number of rotatable bonds is 7. The molecule has 10 nitrogen and oxygen atoms in total. The Morgan fingerprint density at radius 1 is 1.10 bits per heavy atom. The van der Waals surface area contributed by atoms with Crippen molar-refractivity contribution in [1.82, 2.24) is 14.7 Å². The van der Waals surface area contributed by atoms with Gasteiger partial charge in [-0.15, -0.1) is 0 Å². The molecule has 2 aromatic rings. The fourth-order valence-corrected chi connectivity index (χ4v) is 2.93. The Labute approximate surface area is 168 Å². The van der Waals surface area contributed by atoms with Gasteiger partial charge in [0.05, 0.1) is 12.2 Å². The average molecular weight is 422 g/mol. The van der Waals surface area contributed by atoms with Crippen LogP contribution in [0.5, 0.6) is 0 Å². The van der Waals surface area contributed by atoms with Crippen LogP contribution >= 0.6 is 0 Å². The lowest BCUT2D eigenvalue weighted by Gasteiger charge is -2.18. The normalized spacial score (nSPS) is 11.6. The molecule has 0 bridgehead atoms. The largest absolute Gasteiger partial charge is 0.516 e. The highest BCUT2D eigenvalue weighted by Gasteiger charge is 2.20. The van der Waals surface area contributed by atoms with Gasteiger partial charge >= 0.3 is 12.1 Å². The van der Waals surface area contributed by atoms with Crippen LogP contribution in [0.15, 0.2) is 47.6 Å². The van der Waals surface area contributed by atoms with Crippen LogP contribution in [0.4, 0.5) is 10.6 Å². The molecule has 0 fully saturated rings. The first-order chi connectivity index (χ1) is 13.5. The van der Waals surface area contributed by atoms with E-state index in [4.69, 9.17) is 4.74 Å². The molecule has 0 saturated carbocycles. The maximum Gasteiger partial charge on any atom is 0.516 e. The zero-order valence-corrected chi connectivity index (χ0v) is 17.0. The van der Waals surface area contributed by atoms with E-state index < -0.39 is 27.7 Å². The van der Waals surface area contributed by atoms with E-state index in [2.05, 4.69) is 24.7 Å². The zero-order chi connectivity index (χ0) is 21.5. The Kier molecular flexibility index (Phi) is 7.23. The van der Waals surface area contributed by atoms with Gasteiger partial charge in [0.1, 0.15) is 18.0 Å². The molecule has 156 valence electrons. The molecule has 0 aliphatic rings. The van der Waals surface area contributed by atoms with E-state index in [0.717, 1.165) is 0 Å². The van der Waals surface area contributed by atoms with Crippen molar-refractivity contribution in [1.29, 1.82) is 0 Å². The number of carbonyl (C=O) groups is 2. The molecule has 0 aliphatic heterocycles. The lowest BCUT2D eigenvalue weighted by atomic mass is 10.2. The van der Waals surface area contributed by atoms with Crippen molar-refractivity contribution in [3.63, 3.8) is 0 Å². The van der Waals surface area contributed by atoms with Crippen molar-refractivity contribution in [2.24, 2.45) is 0 Å². The smallest absolute Gasteiger partial charge is 0.428 e. The fraction of sp³-hybridized carbons (Fsp3) is 0.333. The number of hydrogen-bond acceptors (Lipinski definition) is 9. The number of sulfonamides is 1. The van der Waals surface area contributed by atoms with Crippen molar-refractivity contribution in [2.45, 2.75) is 37.9 Å². The maximum absolute atomic E-state index is 12.2. The van der Waals surface area contributed by atoms with E-state index in [9.17, 15) is 18.0 Å². The van der Waals surface area contributed by atoms with Gasteiger partial charge in [0.25, 0.3) is 10.0 Å². The summed E-state index contributed by atoms with van der Waals surface area (Å²) in [6.45, 7) is 4.55. The molecule has 2 aromatic heterocycles. The molecule has 0 unspecified atom stereocenters. The SMILES string of the molecule is CC(C)(C)OC(=O)OC(=O)CNc1cccc(CNS(=O)(=O)c2ccccn2)n1. The van der Waals surface area contributed by atoms with E-state index in [1.54, 1.807) is 51.1 Å². The highest BCUT2D eigenvalue weighted by Crippen LogP contribution is 2.09. The molecule has 0 amide bonds. The first-order valence-electron chi connectivity index (χ1n) is 8.59. The summed E-state index contributed by atoms with van der Waals surface area (Å²) in [6, 6.07) is 9.40. The second-order valence-corrected chi connectivity index (χ2v) is 8.51. The van der Waals surface area contributed by atoms with Crippen molar-refractivity contribution in [2.75, 3.05) is 11.9 Å². The van der Waals surface area contributed by atoms with Gasteiger partial charge in [-0.25, -0.2) is 32.7 Å². The quantitative estimate of drug-likeness (QED) is 0.506. The van der Waals surface area contributed by atoms with E-state index in [1.807, 2.05) is 0 Å². The molecule has 0 aliphatic carbocycles. The maximum atomic E-state index is 12.2. The van der Waals surface area contributed by atoms with Crippen LogP contribution in [-0.2, 0) is 30.8 Å². The monoisotopic (exact) mass is 422 g/mol. The van der Waals surface area contributed by atoms with Gasteiger partial charge in [-0.3, -0.25) is 0 Å². The number of ether oxygens (including phenoxy) is 2. The van der Waals surface area contributed by atoms with E-state index in [0.29, 0.717) is 11.5 Å². The molecule has 0 radical (unpaired) electrons. The minimum Gasteiger partial charge on any atom is -0.428 e. The number of aromatic nitrogens is 2. The minimum absolute atomic E-state index is 0.0726. The number of hydrogen-bond donors (Lipinski definition) is 2. The highest BCUT2D eigenvalue weighted by atomic mass is 32.2. The number of nitrogens with zero attached hydrogens (tertiary/aromatic N) is 2. The molecule has 0 atom stereocenters. The number of carbonyl (C=O) groups excluding carboxylic acids is 2. The molecule has 11 heteroatoms. The number of nitrogens with one attached hydrogen (secondary N) is 2. The van der Waals surface area contributed by atoms with Crippen LogP contribution < -0.4 is 10.0 Å². The summed E-state index contributed by atoms with van der Waals surface area (Å²) in [5.74, 6) is -0.539. The number of anilines is 1. The van der Waals surface area contributed by atoms with E-state index >= 15 is 0 Å². The molecule has 2 rings (SSSR count). The van der Waals surface area contributed by atoms with Crippen LogP contribution in [-0.4, -0.2) is 42.7 Å². The Hall–Kier alpha value is -3.05. The third-order valence-electron chi connectivity index (χ3n) is 3.16. The first-order valence-corrected chi connectivity index (χ1v) is 10.1. The molecular weight excluding hydrogens is 400 g/mol. The summed E-state index contributed by atoms with van der Waals surface area (Å²) in [4.78, 5) is 31.2. The second-order valence-electron chi connectivity index (χ2n) is 6.80. The van der Waals surface area contributed by atoms with Crippen LogP contribution in [0.2, 0.25) is 0 Å². The minimum atomic E-state index is -3.77. The summed E-state index contributed by atoms with van der Waals surface area (Å²) in [7, 11) is -3.77. The summed E-state index contributed by atoms with van der Waals surface area (Å²) < 4.78 is 36.2. The third kappa shape index (κ3) is 7.84. The van der Waals surface area contributed by atoms with Gasteiger partial charge in [0.15, 0.2) is 5.03 Å². The lowest BCUT2D eigenvalue weighted by Crippen LogP contribution is -2.28. The number of esters is 1. The van der Waals surface area contributed by atoms with Crippen molar-refractivity contribution >= 4 is 28.0 Å². The molecule has 0 spiro atoms. The van der Waals surface area contributed by atoms with Crippen molar-refractivity contribution in [3.05, 3.63) is 48.3 Å². The fourth-order valence-electron chi connectivity index (χ4n) is 1.99. The molecule has 0 saturated heterocycles. The van der Waals surface area contributed by atoms with E-state index in [-0.39, 0.29) is 18.1 Å². The topological polar surface area (TPSA) is 137 Å². The van der Waals surface area contributed by atoms with Crippen LogP contribution in [0, 0.1) is 0 Å². The zero-order valence-electron chi connectivity index (χ0n) is 16.2. The van der Waals surface area contributed by atoms with Gasteiger partial charge in [-0.05, 0) is 45.0 Å². The summed E-state index contributed by atoms with van der Waals surface area (Å²) >= 11 is 0. The van der Waals surface area contributed by atoms with Gasteiger partial charge < -0.3 is 14.8 Å². The Bertz CT molecular complexity index is 958. The summed E-state index contributed by atoms with van der Waals surface area (Å²) in [6.07, 6.45) is 0.295. The molecule has 0 aromatic carbocycles. The lowest BCUT2D eigenvalue weighted by molar-refractivity contribution is -0.139. The Morgan fingerprint density at radius 2 is 1.86 bits per heavy atom. The first kappa shape index (κ1) is 22.2. The summed E-state index contributed by atoms with van der Waals surface area (Å²) in [5.41, 5.74) is -0.362. The third-order valence-corrected chi connectivity index (χ3v) is 4.48. The van der Waals surface area contributed by atoms with Crippen molar-refractivity contribution in [3.8, 4) is 0 Å². The predicted molar refractivity (Wildman–Crippen MR) is 103 cm³/mol. The van der Waals surface area contributed by atoms with Crippen molar-refractivity contribution < 1.29 is 27.5 Å². The summed E-state index contributed by atoms with van der Waals surface area (Å²) in [5, 5.41) is 2.60. The van der Waals surface area contributed by atoms with Gasteiger partial charge in [0, 0.05) is 6.20 Å². The van der Waals surface area contributed by atoms with Crippen LogP contribution in [0.3, 0.4) is 0 Å². The van der Waals surface area contributed by atoms with Gasteiger partial charge in [0.2, 0.25) is 0 Å². The average Bonchev–Trinajstić information content (AvgIpc) is 2.64. The molecule has 29 heavy (non-hydrogen) atoms. The van der Waals surface area contributed by atoms with Crippen LogP contribution in [0.1, 0.15) is 26.5 Å². The van der Waals surface area contributed by atoms with E-state index in [1.165, 1.54) is 12.3 Å². The molecular formula is C18H22N4O6S. The number of pyridine rings is 2. The molecule has 2 heterocycles. The standard InChI is InChI=1S/C18H22N4O6S/c1-18(2,3)28-17(24)27-16(23)12-20-14-8-6-7-13(22-14)11-21-29(25,26)15-9-4-5-10-19-15/h4-10,21H,11-12H2,1-3H3,(H,20,22). The Morgan fingerprint density at radius 3 is 2.52 bits per heavy atom. The van der Waals surface area contributed by atoms with Gasteiger partial charge in [-0.2, -0.15) is 0 Å². The van der Waals surface area contributed by atoms with Gasteiger partial charge in [-0.1, -0.05) is 12.1 Å². The highest BCUT2D eigenvalue weighted by molar-refractivity contribution is 7.89. The Balaban J connectivity index is 1.88. The van der Waals surface area contributed by atoms with Crippen LogP contribution in [0.25, 0.3) is 0 Å². The molecule has 2 N–H and O–H groups in total. The predicted octanol–water partition coefficient (Wildman–Crippen LogP) is 1.85. The second kappa shape index (κ2) is 9.43.